The quantitative estimate of drug-likeness (QED) is 0.422. The van der Waals surface area contributed by atoms with Crippen molar-refractivity contribution in [1.82, 2.24) is 0 Å². The van der Waals surface area contributed by atoms with E-state index in [1.807, 2.05) is 25.1 Å². The van der Waals surface area contributed by atoms with Crippen LogP contribution in [0.25, 0.3) is 0 Å². The van der Waals surface area contributed by atoms with Crippen LogP contribution in [-0.4, -0.2) is 18.9 Å². The minimum absolute atomic E-state index is 0.261. The molecule has 0 spiro atoms. The summed E-state index contributed by atoms with van der Waals surface area (Å²) in [5.41, 5.74) is 4.60. The van der Waals surface area contributed by atoms with E-state index in [2.05, 4.69) is 23.8 Å². The zero-order valence-corrected chi connectivity index (χ0v) is 15.5. The minimum atomic E-state index is -0.845. The molecule has 0 aromatic heterocycles. The number of ketones is 1. The van der Waals surface area contributed by atoms with Gasteiger partial charge in [-0.2, -0.15) is 0 Å². The number of carbonyl (C=O) groups excluding carboxylic acids is 2. The minimum Gasteiger partial charge on any atom is -0.489 e. The Morgan fingerprint density at radius 3 is 2.54 bits per heavy atom. The lowest BCUT2D eigenvalue weighted by Crippen LogP contribution is -2.19. The van der Waals surface area contributed by atoms with E-state index >= 15 is 0 Å². The van der Waals surface area contributed by atoms with Crippen molar-refractivity contribution in [2.45, 2.75) is 45.6 Å². The fourth-order valence-electron chi connectivity index (χ4n) is 3.20. The lowest BCUT2D eigenvalue weighted by molar-refractivity contribution is -0.135. The maximum atomic E-state index is 12.4. The molecule has 0 N–H and O–H groups in total. The largest absolute Gasteiger partial charge is 0.489 e. The van der Waals surface area contributed by atoms with Gasteiger partial charge in [-0.25, -0.2) is 4.79 Å². The van der Waals surface area contributed by atoms with Crippen molar-refractivity contribution in [3.8, 4) is 5.75 Å². The van der Waals surface area contributed by atoms with Crippen molar-refractivity contribution in [3.05, 3.63) is 64.2 Å². The van der Waals surface area contributed by atoms with Crippen LogP contribution in [0.4, 0.5) is 0 Å². The zero-order chi connectivity index (χ0) is 18.7. The molecule has 0 unspecified atom stereocenters. The SMILES string of the molecule is CCc1ccc(OCc2c(C(=O)C(=O)OC)cccc2C2CC2)c(C)c1. The first kappa shape index (κ1) is 18.2. The Morgan fingerprint density at radius 1 is 1.15 bits per heavy atom. The molecule has 1 aliphatic carbocycles. The first-order valence-corrected chi connectivity index (χ1v) is 9.01. The lowest BCUT2D eigenvalue weighted by Gasteiger charge is -2.16. The summed E-state index contributed by atoms with van der Waals surface area (Å²) in [5, 5.41) is 0. The van der Waals surface area contributed by atoms with Gasteiger partial charge in [-0.15, -0.1) is 0 Å². The Hall–Kier alpha value is -2.62. The van der Waals surface area contributed by atoms with E-state index < -0.39 is 11.8 Å². The summed E-state index contributed by atoms with van der Waals surface area (Å²) in [6.45, 7) is 4.39. The van der Waals surface area contributed by atoms with Gasteiger partial charge >= 0.3 is 5.97 Å². The Kier molecular flexibility index (Phi) is 5.40. The Morgan fingerprint density at radius 2 is 1.92 bits per heavy atom. The summed E-state index contributed by atoms with van der Waals surface area (Å²) in [4.78, 5) is 24.2. The number of ether oxygens (including phenoxy) is 2. The van der Waals surface area contributed by atoms with Gasteiger partial charge in [0.05, 0.1) is 7.11 Å². The van der Waals surface area contributed by atoms with E-state index in [0.717, 1.165) is 41.7 Å². The van der Waals surface area contributed by atoms with Gasteiger partial charge in [0.25, 0.3) is 5.78 Å². The van der Waals surface area contributed by atoms with E-state index in [0.29, 0.717) is 11.5 Å². The maximum absolute atomic E-state index is 12.4. The molecular weight excluding hydrogens is 328 g/mol. The number of hydrogen-bond acceptors (Lipinski definition) is 4. The van der Waals surface area contributed by atoms with Crippen LogP contribution in [0.5, 0.6) is 5.75 Å². The van der Waals surface area contributed by atoms with Crippen molar-refractivity contribution >= 4 is 11.8 Å². The number of esters is 1. The lowest BCUT2D eigenvalue weighted by atomic mass is 9.95. The van der Waals surface area contributed by atoms with Crippen LogP contribution in [0, 0.1) is 6.92 Å². The molecule has 0 radical (unpaired) electrons. The number of methoxy groups -OCH3 is 1. The topological polar surface area (TPSA) is 52.6 Å². The van der Waals surface area contributed by atoms with E-state index in [-0.39, 0.29) is 6.61 Å². The normalized spacial score (nSPS) is 13.3. The fraction of sp³-hybridized carbons (Fsp3) is 0.364. The standard InChI is InChI=1S/C22H24O4/c1-4-15-8-11-20(14(2)12-15)26-13-19-17(16-9-10-16)6-5-7-18(19)21(23)22(24)25-3/h5-8,11-12,16H,4,9-10,13H2,1-3H3. The third-order valence-corrected chi connectivity index (χ3v) is 4.86. The average Bonchev–Trinajstić information content (AvgIpc) is 3.50. The predicted molar refractivity (Wildman–Crippen MR) is 99.7 cm³/mol. The van der Waals surface area contributed by atoms with Gasteiger partial charge in [0, 0.05) is 11.1 Å². The molecule has 0 atom stereocenters. The van der Waals surface area contributed by atoms with E-state index in [9.17, 15) is 9.59 Å². The van der Waals surface area contributed by atoms with Crippen LogP contribution in [0.2, 0.25) is 0 Å². The number of benzene rings is 2. The highest BCUT2D eigenvalue weighted by Gasteiger charge is 2.30. The molecule has 2 aromatic carbocycles. The summed E-state index contributed by atoms with van der Waals surface area (Å²) in [5.74, 6) is -0.221. The molecule has 136 valence electrons. The fourth-order valence-corrected chi connectivity index (χ4v) is 3.20. The van der Waals surface area contributed by atoms with Crippen molar-refractivity contribution in [3.63, 3.8) is 0 Å². The van der Waals surface area contributed by atoms with E-state index in [1.165, 1.54) is 12.7 Å². The molecule has 0 amide bonds. The molecule has 0 aliphatic heterocycles. The third-order valence-electron chi connectivity index (χ3n) is 4.86. The molecule has 4 heteroatoms. The first-order valence-electron chi connectivity index (χ1n) is 9.01. The number of rotatable bonds is 7. The summed E-state index contributed by atoms with van der Waals surface area (Å²) in [6, 6.07) is 11.7. The second-order valence-electron chi connectivity index (χ2n) is 6.71. The summed E-state index contributed by atoms with van der Waals surface area (Å²) in [6.07, 6.45) is 3.18. The molecule has 2 aromatic rings. The first-order chi connectivity index (χ1) is 12.5. The van der Waals surface area contributed by atoms with Gasteiger partial charge in [0.15, 0.2) is 0 Å². The molecule has 3 rings (SSSR count). The number of hydrogen-bond donors (Lipinski definition) is 0. The Labute approximate surface area is 154 Å². The Bertz CT molecular complexity index is 834. The van der Waals surface area contributed by atoms with Crippen LogP contribution in [0.1, 0.15) is 58.3 Å². The van der Waals surface area contributed by atoms with Crippen LogP contribution in [-0.2, 0) is 22.6 Å². The van der Waals surface area contributed by atoms with Crippen molar-refractivity contribution in [2.75, 3.05) is 7.11 Å². The molecule has 26 heavy (non-hydrogen) atoms. The van der Waals surface area contributed by atoms with Crippen LogP contribution >= 0.6 is 0 Å². The summed E-state index contributed by atoms with van der Waals surface area (Å²) >= 11 is 0. The molecule has 4 nitrogen and oxygen atoms in total. The van der Waals surface area contributed by atoms with Gasteiger partial charge in [0.2, 0.25) is 0 Å². The van der Waals surface area contributed by atoms with E-state index in [1.54, 1.807) is 6.07 Å². The van der Waals surface area contributed by atoms with Gasteiger partial charge < -0.3 is 9.47 Å². The number of aryl methyl sites for hydroxylation is 2. The van der Waals surface area contributed by atoms with Crippen LogP contribution < -0.4 is 4.74 Å². The van der Waals surface area contributed by atoms with Crippen LogP contribution in [0.15, 0.2) is 36.4 Å². The third kappa shape index (κ3) is 3.79. The highest BCUT2D eigenvalue weighted by atomic mass is 16.5. The number of carbonyl (C=O) groups is 2. The molecule has 1 saturated carbocycles. The Balaban J connectivity index is 1.90. The molecule has 0 heterocycles. The smallest absolute Gasteiger partial charge is 0.379 e. The zero-order valence-electron chi connectivity index (χ0n) is 15.5. The van der Waals surface area contributed by atoms with Gasteiger partial charge in [-0.1, -0.05) is 37.3 Å². The molecular formula is C22H24O4. The average molecular weight is 352 g/mol. The van der Waals surface area contributed by atoms with Gasteiger partial charge in [0.1, 0.15) is 12.4 Å². The van der Waals surface area contributed by atoms with Crippen molar-refractivity contribution in [1.29, 1.82) is 0 Å². The van der Waals surface area contributed by atoms with Crippen molar-refractivity contribution < 1.29 is 19.1 Å². The molecule has 0 bridgehead atoms. The summed E-state index contributed by atoms with van der Waals surface area (Å²) < 4.78 is 10.7. The van der Waals surface area contributed by atoms with Crippen LogP contribution in [0.3, 0.4) is 0 Å². The summed E-state index contributed by atoms with van der Waals surface area (Å²) in [7, 11) is 1.22. The molecule has 0 saturated heterocycles. The highest BCUT2D eigenvalue weighted by Crippen LogP contribution is 2.42. The van der Waals surface area contributed by atoms with E-state index in [4.69, 9.17) is 4.74 Å². The molecule has 1 aliphatic rings. The second kappa shape index (κ2) is 7.73. The van der Waals surface area contributed by atoms with Crippen molar-refractivity contribution in [2.24, 2.45) is 0 Å². The van der Waals surface area contributed by atoms with Gasteiger partial charge in [-0.05, 0) is 54.9 Å². The highest BCUT2D eigenvalue weighted by molar-refractivity contribution is 6.41. The predicted octanol–water partition coefficient (Wildman–Crippen LogP) is 4.37. The monoisotopic (exact) mass is 352 g/mol. The number of Topliss-reactive ketones (excluding diaryl/α,β-unsaturated/α-hetero) is 1. The van der Waals surface area contributed by atoms with Gasteiger partial charge in [-0.3, -0.25) is 4.79 Å². The molecule has 1 fully saturated rings. The maximum Gasteiger partial charge on any atom is 0.379 e. The second-order valence-corrected chi connectivity index (χ2v) is 6.71.